The van der Waals surface area contributed by atoms with Crippen LogP contribution in [0, 0.1) is 0 Å². The minimum Gasteiger partial charge on any atom is -0.391 e. The van der Waals surface area contributed by atoms with Gasteiger partial charge in [0.2, 0.25) is 0 Å². The molecule has 0 aliphatic carbocycles. The molecule has 5 heteroatoms. The van der Waals surface area contributed by atoms with E-state index in [1.807, 2.05) is 6.92 Å². The number of nitrogens with zero attached hydrogens (tertiary/aromatic N) is 1. The lowest BCUT2D eigenvalue weighted by Crippen LogP contribution is -2.47. The summed E-state index contributed by atoms with van der Waals surface area (Å²) in [7, 11) is 0. The van der Waals surface area contributed by atoms with Gasteiger partial charge in [-0.1, -0.05) is 0 Å². The highest BCUT2D eigenvalue weighted by molar-refractivity contribution is 5.74. The second-order valence-corrected chi connectivity index (χ2v) is 3.67. The van der Waals surface area contributed by atoms with Gasteiger partial charge in [0.05, 0.1) is 12.7 Å². The zero-order valence-electron chi connectivity index (χ0n) is 9.24. The number of aliphatic hydroxyl groups excluding tert-OH is 1. The zero-order chi connectivity index (χ0) is 11.1. The van der Waals surface area contributed by atoms with E-state index >= 15 is 0 Å². The van der Waals surface area contributed by atoms with Gasteiger partial charge in [0.15, 0.2) is 0 Å². The second kappa shape index (κ2) is 6.63. The number of ether oxygens (including phenoxy) is 1. The van der Waals surface area contributed by atoms with Crippen LogP contribution in [0.5, 0.6) is 0 Å². The van der Waals surface area contributed by atoms with E-state index in [1.165, 1.54) is 0 Å². The lowest BCUT2D eigenvalue weighted by atomic mass is 10.1. The number of likely N-dealkylation sites (tertiary alicyclic amines) is 1. The molecule has 0 bridgehead atoms. The Morgan fingerprint density at radius 1 is 1.67 bits per heavy atom. The maximum atomic E-state index is 11.6. The topological polar surface area (TPSA) is 61.8 Å². The normalized spacial score (nSPS) is 21.5. The molecule has 0 aromatic heterocycles. The SMILES string of the molecule is CCOCCNC(=O)N1CCCC(O)C1. The van der Waals surface area contributed by atoms with E-state index in [0.29, 0.717) is 26.3 Å². The summed E-state index contributed by atoms with van der Waals surface area (Å²) in [6.07, 6.45) is 1.30. The van der Waals surface area contributed by atoms with E-state index in [9.17, 15) is 9.90 Å². The predicted octanol–water partition coefficient (Wildman–Crippen LogP) is 0.189. The first kappa shape index (κ1) is 12.3. The standard InChI is InChI=1S/C10H20N2O3/c1-2-15-7-5-11-10(14)12-6-3-4-9(13)8-12/h9,13H,2-8H2,1H3,(H,11,14). The van der Waals surface area contributed by atoms with Crippen LogP contribution in [0.4, 0.5) is 4.79 Å². The molecule has 0 radical (unpaired) electrons. The number of nitrogens with one attached hydrogen (secondary N) is 1. The average Bonchev–Trinajstić information content (AvgIpc) is 2.24. The molecule has 2 N–H and O–H groups in total. The Labute approximate surface area is 90.4 Å². The number of carbonyl (C=O) groups excluding carboxylic acids is 1. The Morgan fingerprint density at radius 3 is 3.13 bits per heavy atom. The molecule has 0 aromatic carbocycles. The number of urea groups is 1. The molecule has 88 valence electrons. The molecule has 1 atom stereocenters. The maximum absolute atomic E-state index is 11.6. The fraction of sp³-hybridized carbons (Fsp3) is 0.900. The van der Waals surface area contributed by atoms with Crippen molar-refractivity contribution < 1.29 is 14.6 Å². The van der Waals surface area contributed by atoms with Crippen LogP contribution < -0.4 is 5.32 Å². The first-order chi connectivity index (χ1) is 7.24. The Hall–Kier alpha value is -0.810. The summed E-state index contributed by atoms with van der Waals surface area (Å²) < 4.78 is 5.11. The highest BCUT2D eigenvalue weighted by Crippen LogP contribution is 2.09. The number of carbonyl (C=O) groups is 1. The van der Waals surface area contributed by atoms with Gasteiger partial charge in [0, 0.05) is 26.2 Å². The molecule has 1 rings (SSSR count). The van der Waals surface area contributed by atoms with Gasteiger partial charge in [-0.25, -0.2) is 4.79 Å². The summed E-state index contributed by atoms with van der Waals surface area (Å²) in [5, 5.41) is 12.2. The van der Waals surface area contributed by atoms with Crippen molar-refractivity contribution in [3.63, 3.8) is 0 Å². The highest BCUT2D eigenvalue weighted by atomic mass is 16.5. The third kappa shape index (κ3) is 4.48. The van der Waals surface area contributed by atoms with Crippen molar-refractivity contribution >= 4 is 6.03 Å². The number of aliphatic hydroxyl groups is 1. The average molecular weight is 216 g/mol. The predicted molar refractivity (Wildman–Crippen MR) is 56.7 cm³/mol. The lowest BCUT2D eigenvalue weighted by Gasteiger charge is -2.30. The number of hydrogen-bond donors (Lipinski definition) is 2. The Balaban J connectivity index is 2.15. The van der Waals surface area contributed by atoms with E-state index in [2.05, 4.69) is 5.32 Å². The molecule has 0 spiro atoms. The number of piperidine rings is 1. The Bertz CT molecular complexity index is 199. The van der Waals surface area contributed by atoms with Crippen LogP contribution in [0.3, 0.4) is 0 Å². The Morgan fingerprint density at radius 2 is 2.47 bits per heavy atom. The summed E-state index contributed by atoms with van der Waals surface area (Å²) >= 11 is 0. The van der Waals surface area contributed by atoms with Gasteiger partial charge in [-0.2, -0.15) is 0 Å². The van der Waals surface area contributed by atoms with Gasteiger partial charge in [0.25, 0.3) is 0 Å². The summed E-state index contributed by atoms with van der Waals surface area (Å²) in [5.74, 6) is 0. The number of β-amino-alcohol motifs (C(OH)–C–C–N with tert-alkyl or cyclic N) is 1. The lowest BCUT2D eigenvalue weighted by molar-refractivity contribution is 0.0828. The van der Waals surface area contributed by atoms with Crippen LogP contribution in [0.25, 0.3) is 0 Å². The quantitative estimate of drug-likeness (QED) is 0.659. The smallest absolute Gasteiger partial charge is 0.317 e. The summed E-state index contributed by atoms with van der Waals surface area (Å²) in [5.41, 5.74) is 0. The van der Waals surface area contributed by atoms with E-state index in [4.69, 9.17) is 4.74 Å². The van der Waals surface area contributed by atoms with Gasteiger partial charge in [-0.05, 0) is 19.8 Å². The molecular weight excluding hydrogens is 196 g/mol. The first-order valence-corrected chi connectivity index (χ1v) is 5.52. The monoisotopic (exact) mass is 216 g/mol. The van der Waals surface area contributed by atoms with E-state index in [0.717, 1.165) is 19.4 Å². The van der Waals surface area contributed by atoms with Gasteiger partial charge >= 0.3 is 6.03 Å². The zero-order valence-corrected chi connectivity index (χ0v) is 9.24. The molecular formula is C10H20N2O3. The number of rotatable bonds is 4. The van der Waals surface area contributed by atoms with Gasteiger partial charge in [-0.15, -0.1) is 0 Å². The minimum atomic E-state index is -0.364. The molecule has 0 aromatic rings. The Kier molecular flexibility index (Phi) is 5.42. The molecule has 1 heterocycles. The van der Waals surface area contributed by atoms with E-state index in [-0.39, 0.29) is 12.1 Å². The minimum absolute atomic E-state index is 0.103. The molecule has 2 amide bonds. The van der Waals surface area contributed by atoms with Crippen LogP contribution in [-0.4, -0.2) is 55.0 Å². The molecule has 1 aliphatic heterocycles. The number of amides is 2. The molecule has 15 heavy (non-hydrogen) atoms. The summed E-state index contributed by atoms with van der Waals surface area (Å²) in [6, 6.07) is -0.103. The third-order valence-electron chi connectivity index (χ3n) is 2.41. The van der Waals surface area contributed by atoms with Crippen molar-refractivity contribution in [2.24, 2.45) is 0 Å². The van der Waals surface area contributed by atoms with Crippen LogP contribution in [0.2, 0.25) is 0 Å². The van der Waals surface area contributed by atoms with Gasteiger partial charge < -0.3 is 20.1 Å². The molecule has 0 saturated carbocycles. The molecule has 1 saturated heterocycles. The van der Waals surface area contributed by atoms with Crippen molar-refractivity contribution in [3.8, 4) is 0 Å². The van der Waals surface area contributed by atoms with Crippen LogP contribution in [-0.2, 0) is 4.74 Å². The largest absolute Gasteiger partial charge is 0.391 e. The highest BCUT2D eigenvalue weighted by Gasteiger charge is 2.21. The van der Waals surface area contributed by atoms with Gasteiger partial charge in [-0.3, -0.25) is 0 Å². The fourth-order valence-corrected chi connectivity index (χ4v) is 1.63. The third-order valence-corrected chi connectivity index (χ3v) is 2.41. The van der Waals surface area contributed by atoms with Crippen LogP contribution in [0.15, 0.2) is 0 Å². The molecule has 5 nitrogen and oxygen atoms in total. The summed E-state index contributed by atoms with van der Waals surface area (Å²) in [4.78, 5) is 13.2. The second-order valence-electron chi connectivity index (χ2n) is 3.67. The van der Waals surface area contributed by atoms with Crippen molar-refractivity contribution in [3.05, 3.63) is 0 Å². The van der Waals surface area contributed by atoms with Crippen molar-refractivity contribution in [2.45, 2.75) is 25.9 Å². The van der Waals surface area contributed by atoms with Crippen molar-refractivity contribution in [1.82, 2.24) is 10.2 Å². The first-order valence-electron chi connectivity index (χ1n) is 5.52. The molecule has 1 fully saturated rings. The van der Waals surface area contributed by atoms with Crippen molar-refractivity contribution in [2.75, 3.05) is 32.8 Å². The fourth-order valence-electron chi connectivity index (χ4n) is 1.63. The van der Waals surface area contributed by atoms with Crippen molar-refractivity contribution in [1.29, 1.82) is 0 Å². The maximum Gasteiger partial charge on any atom is 0.317 e. The molecule has 1 aliphatic rings. The van der Waals surface area contributed by atoms with E-state index < -0.39 is 0 Å². The van der Waals surface area contributed by atoms with Gasteiger partial charge in [0.1, 0.15) is 0 Å². The molecule has 1 unspecified atom stereocenters. The summed E-state index contributed by atoms with van der Waals surface area (Å²) in [6.45, 7) is 4.83. The van der Waals surface area contributed by atoms with E-state index in [1.54, 1.807) is 4.90 Å². The van der Waals surface area contributed by atoms with Crippen LogP contribution >= 0.6 is 0 Å². The van der Waals surface area contributed by atoms with Crippen LogP contribution in [0.1, 0.15) is 19.8 Å². The number of hydrogen-bond acceptors (Lipinski definition) is 3.